The molecular formula is C17H25NO2. The molecule has 2 aliphatic heterocycles. The van der Waals surface area contributed by atoms with Crippen molar-refractivity contribution in [3.05, 3.63) is 29.8 Å². The molecule has 1 aromatic rings. The summed E-state index contributed by atoms with van der Waals surface area (Å²) in [5, 5.41) is 0. The molecule has 20 heavy (non-hydrogen) atoms. The highest BCUT2D eigenvalue weighted by atomic mass is 16.6. The molecule has 0 N–H and O–H groups in total. The third kappa shape index (κ3) is 4.50. The molecule has 0 aliphatic carbocycles. The molecule has 3 heteroatoms. The van der Waals surface area contributed by atoms with E-state index in [9.17, 15) is 0 Å². The zero-order valence-electron chi connectivity index (χ0n) is 12.2. The Morgan fingerprint density at radius 3 is 2.55 bits per heavy atom. The lowest BCUT2D eigenvalue weighted by atomic mass is 10.1. The maximum Gasteiger partial charge on any atom is 0.119 e. The quantitative estimate of drug-likeness (QED) is 0.715. The van der Waals surface area contributed by atoms with Crippen molar-refractivity contribution in [2.45, 2.75) is 38.2 Å². The van der Waals surface area contributed by atoms with Crippen LogP contribution < -0.4 is 4.74 Å². The van der Waals surface area contributed by atoms with Gasteiger partial charge in [0.25, 0.3) is 0 Å². The number of epoxide rings is 1. The van der Waals surface area contributed by atoms with Crippen LogP contribution in [0.2, 0.25) is 0 Å². The highest BCUT2D eigenvalue weighted by Crippen LogP contribution is 2.17. The minimum absolute atomic E-state index is 0.333. The molecule has 0 bridgehead atoms. The first kappa shape index (κ1) is 13.9. The third-order valence-electron chi connectivity index (χ3n) is 4.15. The summed E-state index contributed by atoms with van der Waals surface area (Å²) in [5.74, 6) is 0.959. The summed E-state index contributed by atoms with van der Waals surface area (Å²) in [5.41, 5.74) is 1.41. The molecular weight excluding hydrogens is 250 g/mol. The largest absolute Gasteiger partial charge is 0.491 e. The number of rotatable bonds is 7. The van der Waals surface area contributed by atoms with Gasteiger partial charge >= 0.3 is 0 Å². The number of aryl methyl sites for hydroxylation is 1. The van der Waals surface area contributed by atoms with Gasteiger partial charge in [0.05, 0.1) is 6.61 Å². The number of hydrogen-bond donors (Lipinski definition) is 0. The summed E-state index contributed by atoms with van der Waals surface area (Å²) in [6.45, 7) is 5.40. The molecule has 0 spiro atoms. The van der Waals surface area contributed by atoms with Crippen LogP contribution in [0.25, 0.3) is 0 Å². The highest BCUT2D eigenvalue weighted by molar-refractivity contribution is 5.27. The minimum atomic E-state index is 0.333. The molecule has 1 atom stereocenters. The highest BCUT2D eigenvalue weighted by Gasteiger charge is 2.22. The van der Waals surface area contributed by atoms with E-state index in [2.05, 4.69) is 29.2 Å². The summed E-state index contributed by atoms with van der Waals surface area (Å²) < 4.78 is 10.8. The first-order chi connectivity index (χ1) is 9.90. The predicted molar refractivity (Wildman–Crippen MR) is 80.3 cm³/mol. The van der Waals surface area contributed by atoms with Gasteiger partial charge in [-0.15, -0.1) is 0 Å². The standard InChI is InChI=1S/C17H25NO2/c1-2-10-18(11-3-1)12-4-5-15-6-8-16(9-7-15)19-13-17-14-20-17/h6-9,17H,1-5,10-14H2. The van der Waals surface area contributed by atoms with E-state index in [1.54, 1.807) is 0 Å². The number of likely N-dealkylation sites (tertiary alicyclic amines) is 1. The minimum Gasteiger partial charge on any atom is -0.491 e. The van der Waals surface area contributed by atoms with E-state index >= 15 is 0 Å². The molecule has 2 saturated heterocycles. The number of piperidine rings is 1. The number of nitrogens with zero attached hydrogens (tertiary/aromatic N) is 1. The Balaban J connectivity index is 1.36. The maximum atomic E-state index is 5.65. The fraction of sp³-hybridized carbons (Fsp3) is 0.647. The van der Waals surface area contributed by atoms with Crippen LogP contribution >= 0.6 is 0 Å². The summed E-state index contributed by atoms with van der Waals surface area (Å²) >= 11 is 0. The van der Waals surface area contributed by atoms with Crippen molar-refractivity contribution in [1.29, 1.82) is 0 Å². The zero-order chi connectivity index (χ0) is 13.6. The van der Waals surface area contributed by atoms with Crippen LogP contribution in [0.15, 0.2) is 24.3 Å². The molecule has 0 amide bonds. The molecule has 2 heterocycles. The van der Waals surface area contributed by atoms with Crippen molar-refractivity contribution in [1.82, 2.24) is 4.90 Å². The second kappa shape index (κ2) is 7.09. The van der Waals surface area contributed by atoms with Crippen LogP contribution in [0.3, 0.4) is 0 Å². The molecule has 3 rings (SSSR count). The lowest BCUT2D eigenvalue weighted by Crippen LogP contribution is -2.30. The van der Waals surface area contributed by atoms with Crippen LogP contribution in [-0.2, 0) is 11.2 Å². The summed E-state index contributed by atoms with van der Waals surface area (Å²) in [4.78, 5) is 2.61. The van der Waals surface area contributed by atoms with E-state index in [1.165, 1.54) is 57.3 Å². The number of ether oxygens (including phenoxy) is 2. The van der Waals surface area contributed by atoms with Gasteiger partial charge < -0.3 is 14.4 Å². The molecule has 1 unspecified atom stereocenters. The van der Waals surface area contributed by atoms with E-state index in [0.717, 1.165) is 12.4 Å². The molecule has 2 fully saturated rings. The van der Waals surface area contributed by atoms with Gasteiger partial charge in [-0.2, -0.15) is 0 Å². The van der Waals surface area contributed by atoms with E-state index in [1.807, 2.05) is 0 Å². The predicted octanol–water partition coefficient (Wildman–Crippen LogP) is 2.88. The average Bonchev–Trinajstić information content (AvgIpc) is 3.32. The first-order valence-electron chi connectivity index (χ1n) is 7.96. The molecule has 0 saturated carbocycles. The van der Waals surface area contributed by atoms with E-state index in [0.29, 0.717) is 12.7 Å². The summed E-state index contributed by atoms with van der Waals surface area (Å²) in [7, 11) is 0. The Kier molecular flexibility index (Phi) is 4.93. The number of hydrogen-bond acceptors (Lipinski definition) is 3. The second-order valence-corrected chi connectivity index (χ2v) is 5.92. The molecule has 3 nitrogen and oxygen atoms in total. The maximum absolute atomic E-state index is 5.65. The van der Waals surface area contributed by atoms with Crippen molar-refractivity contribution < 1.29 is 9.47 Å². The Hall–Kier alpha value is -1.06. The van der Waals surface area contributed by atoms with Gasteiger partial charge in [0.2, 0.25) is 0 Å². The van der Waals surface area contributed by atoms with Crippen molar-refractivity contribution in [3.8, 4) is 5.75 Å². The molecule has 2 aliphatic rings. The van der Waals surface area contributed by atoms with Gasteiger partial charge in [-0.1, -0.05) is 18.6 Å². The number of benzene rings is 1. The first-order valence-corrected chi connectivity index (χ1v) is 7.96. The van der Waals surface area contributed by atoms with Crippen molar-refractivity contribution >= 4 is 0 Å². The summed E-state index contributed by atoms with van der Waals surface area (Å²) in [6.07, 6.45) is 6.95. The van der Waals surface area contributed by atoms with E-state index in [-0.39, 0.29) is 0 Å². The van der Waals surface area contributed by atoms with Crippen LogP contribution in [0.5, 0.6) is 5.75 Å². The monoisotopic (exact) mass is 275 g/mol. The second-order valence-electron chi connectivity index (χ2n) is 5.92. The van der Waals surface area contributed by atoms with Crippen LogP contribution in [-0.4, -0.2) is 43.9 Å². The van der Waals surface area contributed by atoms with Crippen molar-refractivity contribution in [2.75, 3.05) is 32.8 Å². The lowest BCUT2D eigenvalue weighted by molar-refractivity contribution is 0.226. The Morgan fingerprint density at radius 1 is 1.10 bits per heavy atom. The van der Waals surface area contributed by atoms with Crippen LogP contribution in [0, 0.1) is 0 Å². The third-order valence-corrected chi connectivity index (χ3v) is 4.15. The van der Waals surface area contributed by atoms with E-state index < -0.39 is 0 Å². The van der Waals surface area contributed by atoms with Gasteiger partial charge in [-0.25, -0.2) is 0 Å². The fourth-order valence-corrected chi connectivity index (χ4v) is 2.80. The smallest absolute Gasteiger partial charge is 0.119 e. The lowest BCUT2D eigenvalue weighted by Gasteiger charge is -2.26. The van der Waals surface area contributed by atoms with Gasteiger partial charge in [-0.05, 0) is 63.0 Å². The van der Waals surface area contributed by atoms with Gasteiger partial charge in [-0.3, -0.25) is 0 Å². The molecule has 1 aromatic carbocycles. The van der Waals surface area contributed by atoms with Crippen LogP contribution in [0.1, 0.15) is 31.2 Å². The fourth-order valence-electron chi connectivity index (χ4n) is 2.80. The van der Waals surface area contributed by atoms with E-state index in [4.69, 9.17) is 9.47 Å². The molecule has 0 radical (unpaired) electrons. The van der Waals surface area contributed by atoms with Crippen molar-refractivity contribution in [3.63, 3.8) is 0 Å². The normalized spacial score (nSPS) is 22.7. The Labute approximate surface area is 121 Å². The topological polar surface area (TPSA) is 25.0 Å². The average molecular weight is 275 g/mol. The SMILES string of the molecule is c1cc(OCC2CO2)ccc1CCCN1CCCCC1. The van der Waals surface area contributed by atoms with Crippen LogP contribution in [0.4, 0.5) is 0 Å². The molecule has 0 aromatic heterocycles. The summed E-state index contributed by atoms with van der Waals surface area (Å²) in [6, 6.07) is 8.55. The Bertz CT molecular complexity index is 394. The Morgan fingerprint density at radius 2 is 1.85 bits per heavy atom. The van der Waals surface area contributed by atoms with Gasteiger partial charge in [0.1, 0.15) is 18.5 Å². The van der Waals surface area contributed by atoms with Gasteiger partial charge in [0, 0.05) is 0 Å². The molecule has 110 valence electrons. The van der Waals surface area contributed by atoms with Crippen molar-refractivity contribution in [2.24, 2.45) is 0 Å². The zero-order valence-corrected chi connectivity index (χ0v) is 12.2. The van der Waals surface area contributed by atoms with Gasteiger partial charge in [0.15, 0.2) is 0 Å².